The van der Waals surface area contributed by atoms with E-state index in [1.807, 2.05) is 0 Å². The lowest BCUT2D eigenvalue weighted by Crippen LogP contribution is -2.13. The standard InChI is InChI=1S/C7H7ClN2.CH6N2/c8-6-3-1-2-5(4-6)7(9)10;1-3-2/h1-4H,(H3,9,10);3H,2H2,1H3. The number of amidine groups is 1. The second kappa shape index (κ2) is 6.42. The molecule has 0 aliphatic carbocycles. The third-order valence-corrected chi connectivity index (χ3v) is 1.37. The number of nitrogens with two attached hydrogens (primary N) is 2. The van der Waals surface area contributed by atoms with E-state index in [9.17, 15) is 0 Å². The number of hydrazine groups is 1. The lowest BCUT2D eigenvalue weighted by Gasteiger charge is -1.96. The molecule has 0 amide bonds. The molecule has 0 fully saturated rings. The van der Waals surface area contributed by atoms with Crippen molar-refractivity contribution >= 4 is 17.4 Å². The van der Waals surface area contributed by atoms with Gasteiger partial charge in [-0.2, -0.15) is 0 Å². The Hall–Kier alpha value is -1.10. The molecule has 0 spiro atoms. The summed E-state index contributed by atoms with van der Waals surface area (Å²) >= 11 is 5.64. The van der Waals surface area contributed by atoms with Crippen molar-refractivity contribution in [3.05, 3.63) is 34.9 Å². The maximum absolute atomic E-state index is 7.05. The Morgan fingerprint density at radius 1 is 1.54 bits per heavy atom. The molecule has 0 bridgehead atoms. The molecule has 1 aromatic rings. The van der Waals surface area contributed by atoms with Crippen molar-refractivity contribution in [1.29, 1.82) is 5.41 Å². The van der Waals surface area contributed by atoms with Crippen molar-refractivity contribution < 1.29 is 0 Å². The van der Waals surface area contributed by atoms with Gasteiger partial charge < -0.3 is 5.73 Å². The van der Waals surface area contributed by atoms with Gasteiger partial charge in [-0.05, 0) is 19.2 Å². The molecule has 4 nitrogen and oxygen atoms in total. The first-order valence-electron chi connectivity index (χ1n) is 3.59. The molecule has 5 heteroatoms. The van der Waals surface area contributed by atoms with Crippen LogP contribution in [0.3, 0.4) is 0 Å². The Balaban J connectivity index is 0.000000424. The highest BCUT2D eigenvalue weighted by molar-refractivity contribution is 6.30. The normalized spacial score (nSPS) is 8.54. The van der Waals surface area contributed by atoms with Gasteiger partial charge in [-0.15, -0.1) is 0 Å². The highest BCUT2D eigenvalue weighted by Crippen LogP contribution is 2.09. The van der Waals surface area contributed by atoms with Crippen molar-refractivity contribution in [2.75, 3.05) is 7.05 Å². The summed E-state index contributed by atoms with van der Waals surface area (Å²) < 4.78 is 0. The van der Waals surface area contributed by atoms with Crippen LogP contribution in [0.5, 0.6) is 0 Å². The van der Waals surface area contributed by atoms with Crippen molar-refractivity contribution in [2.24, 2.45) is 11.6 Å². The summed E-state index contributed by atoms with van der Waals surface area (Å²) in [4.78, 5) is 0. The van der Waals surface area contributed by atoms with Gasteiger partial charge in [-0.1, -0.05) is 23.7 Å². The highest BCUT2D eigenvalue weighted by Gasteiger charge is 1.94. The molecule has 0 aliphatic heterocycles. The summed E-state index contributed by atoms with van der Waals surface area (Å²) in [5.41, 5.74) is 8.12. The first-order chi connectivity index (χ1) is 6.11. The van der Waals surface area contributed by atoms with Crippen LogP contribution in [0.15, 0.2) is 24.3 Å². The molecule has 0 atom stereocenters. The van der Waals surface area contributed by atoms with Crippen LogP contribution in [0.4, 0.5) is 0 Å². The molecule has 72 valence electrons. The van der Waals surface area contributed by atoms with E-state index in [0.717, 1.165) is 0 Å². The molecule has 1 aromatic carbocycles. The fourth-order valence-corrected chi connectivity index (χ4v) is 0.846. The fourth-order valence-electron chi connectivity index (χ4n) is 0.656. The SMILES string of the molecule is CNN.N=C(N)c1cccc(Cl)c1. The van der Waals surface area contributed by atoms with Gasteiger partial charge in [-0.25, -0.2) is 0 Å². The van der Waals surface area contributed by atoms with E-state index in [2.05, 4.69) is 11.3 Å². The molecule has 0 saturated heterocycles. The summed E-state index contributed by atoms with van der Waals surface area (Å²) in [6.07, 6.45) is 0. The molecular formula is C8H13ClN4. The zero-order valence-corrected chi connectivity index (χ0v) is 8.10. The monoisotopic (exact) mass is 200 g/mol. The third-order valence-electron chi connectivity index (χ3n) is 1.14. The predicted octanol–water partition coefficient (Wildman–Crippen LogP) is 0.704. The van der Waals surface area contributed by atoms with E-state index in [1.165, 1.54) is 0 Å². The Morgan fingerprint density at radius 3 is 2.38 bits per heavy atom. The number of rotatable bonds is 1. The fraction of sp³-hybridized carbons (Fsp3) is 0.125. The van der Waals surface area contributed by atoms with Crippen molar-refractivity contribution in [2.45, 2.75) is 0 Å². The van der Waals surface area contributed by atoms with Crippen LogP contribution < -0.4 is 17.0 Å². The van der Waals surface area contributed by atoms with Gasteiger partial charge in [-0.3, -0.25) is 16.7 Å². The molecule has 13 heavy (non-hydrogen) atoms. The van der Waals surface area contributed by atoms with Gasteiger partial charge >= 0.3 is 0 Å². The van der Waals surface area contributed by atoms with Crippen molar-refractivity contribution in [1.82, 2.24) is 5.43 Å². The predicted molar refractivity (Wildman–Crippen MR) is 55.7 cm³/mol. The zero-order valence-electron chi connectivity index (χ0n) is 7.34. The zero-order chi connectivity index (χ0) is 10.3. The average molecular weight is 201 g/mol. The molecule has 0 aliphatic rings. The second-order valence-corrected chi connectivity index (χ2v) is 2.65. The van der Waals surface area contributed by atoms with Crippen LogP contribution in [0.2, 0.25) is 5.02 Å². The maximum Gasteiger partial charge on any atom is 0.122 e. The molecule has 1 rings (SSSR count). The van der Waals surface area contributed by atoms with E-state index in [1.54, 1.807) is 31.3 Å². The molecule has 0 aromatic heterocycles. The lowest BCUT2D eigenvalue weighted by atomic mass is 10.2. The van der Waals surface area contributed by atoms with Crippen molar-refractivity contribution in [3.8, 4) is 0 Å². The van der Waals surface area contributed by atoms with Gasteiger partial charge in [0.1, 0.15) is 5.84 Å². The Labute approximate surface area is 82.4 Å². The summed E-state index contributed by atoms with van der Waals surface area (Å²) in [7, 11) is 1.65. The molecule has 0 unspecified atom stereocenters. The van der Waals surface area contributed by atoms with Crippen LogP contribution in [-0.4, -0.2) is 12.9 Å². The highest BCUT2D eigenvalue weighted by atomic mass is 35.5. The molecule has 0 saturated carbocycles. The number of nitrogen functional groups attached to an aromatic ring is 1. The van der Waals surface area contributed by atoms with Crippen LogP contribution in [0.1, 0.15) is 5.56 Å². The third kappa shape index (κ3) is 5.19. The second-order valence-electron chi connectivity index (χ2n) is 2.21. The molecule has 6 N–H and O–H groups in total. The van der Waals surface area contributed by atoms with Gasteiger partial charge in [0.25, 0.3) is 0 Å². The van der Waals surface area contributed by atoms with E-state index >= 15 is 0 Å². The van der Waals surface area contributed by atoms with Crippen LogP contribution in [0, 0.1) is 5.41 Å². The smallest absolute Gasteiger partial charge is 0.122 e. The quantitative estimate of drug-likeness (QED) is 0.233. The minimum Gasteiger partial charge on any atom is -0.384 e. The number of hydrogen-bond donors (Lipinski definition) is 4. The van der Waals surface area contributed by atoms with Gasteiger partial charge in [0.2, 0.25) is 0 Å². The molecule has 0 radical (unpaired) electrons. The summed E-state index contributed by atoms with van der Waals surface area (Å²) in [5, 5.41) is 7.66. The molecular weight excluding hydrogens is 188 g/mol. The van der Waals surface area contributed by atoms with Crippen LogP contribution in [-0.2, 0) is 0 Å². The number of benzene rings is 1. The Kier molecular flexibility index (Phi) is 5.88. The van der Waals surface area contributed by atoms with E-state index in [4.69, 9.17) is 22.7 Å². The van der Waals surface area contributed by atoms with Crippen LogP contribution in [0.25, 0.3) is 0 Å². The van der Waals surface area contributed by atoms with Crippen molar-refractivity contribution in [3.63, 3.8) is 0 Å². The average Bonchev–Trinajstić information content (AvgIpc) is 2.05. The van der Waals surface area contributed by atoms with Gasteiger partial charge in [0, 0.05) is 10.6 Å². The Bertz CT molecular complexity index is 275. The topological polar surface area (TPSA) is 87.9 Å². The maximum atomic E-state index is 7.05. The Morgan fingerprint density at radius 2 is 2.08 bits per heavy atom. The summed E-state index contributed by atoms with van der Waals surface area (Å²) in [5.74, 6) is 4.64. The van der Waals surface area contributed by atoms with E-state index < -0.39 is 0 Å². The minimum atomic E-state index is 0.0440. The van der Waals surface area contributed by atoms with Gasteiger partial charge in [0.15, 0.2) is 0 Å². The van der Waals surface area contributed by atoms with Gasteiger partial charge in [0.05, 0.1) is 0 Å². The number of halogens is 1. The number of hydrogen-bond acceptors (Lipinski definition) is 3. The minimum absolute atomic E-state index is 0.0440. The first-order valence-corrected chi connectivity index (χ1v) is 3.97. The first kappa shape index (κ1) is 11.9. The van der Waals surface area contributed by atoms with Crippen LogP contribution >= 0.6 is 11.6 Å². The van der Waals surface area contributed by atoms with E-state index in [-0.39, 0.29) is 5.84 Å². The number of nitrogens with one attached hydrogen (secondary N) is 2. The molecule has 0 heterocycles. The summed E-state index contributed by atoms with van der Waals surface area (Å²) in [6.45, 7) is 0. The largest absolute Gasteiger partial charge is 0.384 e. The lowest BCUT2D eigenvalue weighted by molar-refractivity contribution is 0.900. The summed E-state index contributed by atoms with van der Waals surface area (Å²) in [6, 6.07) is 6.91. The van der Waals surface area contributed by atoms with E-state index in [0.29, 0.717) is 10.6 Å².